The van der Waals surface area contributed by atoms with E-state index in [1.807, 2.05) is 0 Å². The molecule has 0 spiro atoms. The Labute approximate surface area is 121 Å². The van der Waals surface area contributed by atoms with Gasteiger partial charge in [-0.1, -0.05) is 66.7 Å². The van der Waals surface area contributed by atoms with Crippen molar-refractivity contribution in [1.82, 2.24) is 0 Å². The number of hydrogen-bond donors (Lipinski definition) is 0. The van der Waals surface area contributed by atoms with Crippen LogP contribution in [0.25, 0.3) is 0 Å². The molecule has 0 aromatic carbocycles. The minimum absolute atomic E-state index is 0.637. The van der Waals surface area contributed by atoms with Crippen LogP contribution in [0.1, 0.15) is 86.0 Å². The van der Waals surface area contributed by atoms with Crippen molar-refractivity contribution in [2.45, 2.75) is 86.0 Å². The number of unbranched alkanes of at least 4 members (excludes halogenated alkanes) is 2. The molecular weight excluding hydrogens is 236 g/mol. The second-order valence-electron chi connectivity index (χ2n) is 6.49. The maximum atomic E-state index is 4.88. The zero-order chi connectivity index (χ0) is 14.6. The smallest absolute Gasteiger partial charge is 0.0822 e. The third kappa shape index (κ3) is 10.4. The summed E-state index contributed by atoms with van der Waals surface area (Å²) in [5.41, 5.74) is 0.637. The van der Waals surface area contributed by atoms with Crippen LogP contribution in [-0.2, 0) is 9.78 Å². The van der Waals surface area contributed by atoms with Crippen LogP contribution in [0.3, 0.4) is 0 Å². The maximum absolute atomic E-state index is 4.88. The van der Waals surface area contributed by atoms with Gasteiger partial charge in [-0.15, -0.1) is 0 Å². The molecule has 1 rings (SSSR count). The van der Waals surface area contributed by atoms with Gasteiger partial charge in [-0.25, -0.2) is 9.78 Å². The summed E-state index contributed by atoms with van der Waals surface area (Å²) in [7, 11) is 0. The van der Waals surface area contributed by atoms with Gasteiger partial charge < -0.3 is 0 Å². The van der Waals surface area contributed by atoms with Crippen molar-refractivity contribution in [3.8, 4) is 0 Å². The van der Waals surface area contributed by atoms with E-state index in [1.165, 1.54) is 25.7 Å². The van der Waals surface area contributed by atoms with Gasteiger partial charge in [0.2, 0.25) is 0 Å². The van der Waals surface area contributed by atoms with Crippen molar-refractivity contribution in [2.75, 3.05) is 13.2 Å². The summed E-state index contributed by atoms with van der Waals surface area (Å²) in [6.07, 6.45) is 10.3. The first-order chi connectivity index (χ1) is 9.04. The van der Waals surface area contributed by atoms with Crippen LogP contribution < -0.4 is 0 Å². The van der Waals surface area contributed by atoms with Crippen LogP contribution in [0.2, 0.25) is 0 Å². The Hall–Kier alpha value is -0.0800. The van der Waals surface area contributed by atoms with E-state index in [0.29, 0.717) is 5.41 Å². The third-order valence-corrected chi connectivity index (χ3v) is 4.29. The molecule has 0 radical (unpaired) electrons. The Morgan fingerprint density at radius 3 is 1.79 bits per heavy atom. The van der Waals surface area contributed by atoms with E-state index >= 15 is 0 Å². The van der Waals surface area contributed by atoms with Crippen LogP contribution in [0.15, 0.2) is 0 Å². The highest BCUT2D eigenvalue weighted by molar-refractivity contribution is 4.79. The highest BCUT2D eigenvalue weighted by Gasteiger charge is 2.27. The summed E-state index contributed by atoms with van der Waals surface area (Å²) in [5.74, 6) is 0.950. The molecule has 116 valence electrons. The highest BCUT2D eigenvalue weighted by Crippen LogP contribution is 2.39. The van der Waals surface area contributed by atoms with Crippen molar-refractivity contribution < 1.29 is 9.78 Å². The van der Waals surface area contributed by atoms with Crippen molar-refractivity contribution >= 4 is 0 Å². The molecule has 19 heavy (non-hydrogen) atoms. The van der Waals surface area contributed by atoms with Gasteiger partial charge in [0.1, 0.15) is 0 Å². The molecule has 1 atom stereocenters. The molecule has 1 aliphatic carbocycles. The second-order valence-corrected chi connectivity index (χ2v) is 6.49. The van der Waals surface area contributed by atoms with Crippen LogP contribution in [0.5, 0.6) is 0 Å². The molecule has 2 heteroatoms. The second kappa shape index (κ2) is 11.7. The van der Waals surface area contributed by atoms with Gasteiger partial charge in [-0.05, 0) is 30.6 Å². The molecule has 0 heterocycles. The lowest BCUT2D eigenvalue weighted by molar-refractivity contribution is -0.295. The molecule has 0 aromatic heterocycles. The zero-order valence-corrected chi connectivity index (χ0v) is 14.0. The van der Waals surface area contributed by atoms with E-state index in [9.17, 15) is 0 Å². The molecule has 0 aromatic rings. The molecule has 1 unspecified atom stereocenters. The summed E-state index contributed by atoms with van der Waals surface area (Å²) >= 11 is 0. The fourth-order valence-corrected chi connectivity index (χ4v) is 2.19. The van der Waals surface area contributed by atoms with Gasteiger partial charge in [0.15, 0.2) is 0 Å². The van der Waals surface area contributed by atoms with Gasteiger partial charge in [0, 0.05) is 0 Å². The van der Waals surface area contributed by atoms with Gasteiger partial charge >= 0.3 is 0 Å². The molecule has 0 N–H and O–H groups in total. The quantitative estimate of drug-likeness (QED) is 0.333. The van der Waals surface area contributed by atoms with Crippen molar-refractivity contribution in [1.29, 1.82) is 0 Å². The largest absolute Gasteiger partial charge is 0.237 e. The Bertz CT molecular complexity index is 182. The SMILES string of the molecule is CC1CCCCC1(C)C.CCCCOOCCCC. The van der Waals surface area contributed by atoms with Gasteiger partial charge in [0.05, 0.1) is 13.2 Å². The third-order valence-electron chi connectivity index (χ3n) is 4.29. The van der Waals surface area contributed by atoms with Crippen molar-refractivity contribution in [3.63, 3.8) is 0 Å². The Morgan fingerprint density at radius 1 is 0.947 bits per heavy atom. The van der Waals surface area contributed by atoms with E-state index in [0.717, 1.165) is 44.8 Å². The fraction of sp³-hybridized carbons (Fsp3) is 1.00. The van der Waals surface area contributed by atoms with Gasteiger partial charge in [-0.2, -0.15) is 0 Å². The lowest BCUT2D eigenvalue weighted by Gasteiger charge is -2.36. The predicted molar refractivity (Wildman–Crippen MR) is 83.1 cm³/mol. The van der Waals surface area contributed by atoms with E-state index in [2.05, 4.69) is 34.6 Å². The molecule has 0 bridgehead atoms. The number of rotatable bonds is 7. The first-order valence-electron chi connectivity index (χ1n) is 8.29. The van der Waals surface area contributed by atoms with E-state index in [1.54, 1.807) is 0 Å². The summed E-state index contributed by atoms with van der Waals surface area (Å²) in [6.45, 7) is 12.9. The Balaban J connectivity index is 0.000000342. The summed E-state index contributed by atoms with van der Waals surface area (Å²) in [5, 5.41) is 0. The Kier molecular flexibility index (Phi) is 11.7. The monoisotopic (exact) mass is 272 g/mol. The van der Waals surface area contributed by atoms with E-state index in [-0.39, 0.29) is 0 Å². The molecule has 0 amide bonds. The van der Waals surface area contributed by atoms with E-state index < -0.39 is 0 Å². The summed E-state index contributed by atoms with van der Waals surface area (Å²) in [4.78, 5) is 9.75. The molecule has 1 aliphatic rings. The van der Waals surface area contributed by atoms with Crippen LogP contribution in [-0.4, -0.2) is 13.2 Å². The summed E-state index contributed by atoms with van der Waals surface area (Å²) < 4.78 is 0. The molecular formula is C17H36O2. The van der Waals surface area contributed by atoms with Crippen molar-refractivity contribution in [3.05, 3.63) is 0 Å². The molecule has 1 fully saturated rings. The van der Waals surface area contributed by atoms with Crippen LogP contribution in [0, 0.1) is 11.3 Å². The average molecular weight is 272 g/mol. The predicted octanol–water partition coefficient (Wildman–Crippen LogP) is 5.76. The van der Waals surface area contributed by atoms with E-state index in [4.69, 9.17) is 9.78 Å². The highest BCUT2D eigenvalue weighted by atomic mass is 17.2. The van der Waals surface area contributed by atoms with Gasteiger partial charge in [0.25, 0.3) is 0 Å². The molecule has 1 saturated carbocycles. The van der Waals surface area contributed by atoms with Crippen LogP contribution >= 0.6 is 0 Å². The number of hydrogen-bond acceptors (Lipinski definition) is 2. The topological polar surface area (TPSA) is 18.5 Å². The standard InChI is InChI=1S/C9H18.C8H18O2/c1-8-6-4-5-7-9(8,2)3;1-3-5-7-9-10-8-6-4-2/h8H,4-7H2,1-3H3;3-8H2,1-2H3. The van der Waals surface area contributed by atoms with Crippen molar-refractivity contribution in [2.24, 2.45) is 11.3 Å². The van der Waals surface area contributed by atoms with Gasteiger partial charge in [-0.3, -0.25) is 0 Å². The first-order valence-corrected chi connectivity index (χ1v) is 8.29. The fourth-order valence-electron chi connectivity index (χ4n) is 2.19. The summed E-state index contributed by atoms with van der Waals surface area (Å²) in [6, 6.07) is 0. The average Bonchev–Trinajstić information content (AvgIpc) is 2.38. The minimum Gasteiger partial charge on any atom is -0.237 e. The lowest BCUT2D eigenvalue weighted by Crippen LogP contribution is -2.24. The molecule has 0 aliphatic heterocycles. The maximum Gasteiger partial charge on any atom is 0.0822 e. The molecule has 0 saturated heterocycles. The first kappa shape index (κ1) is 18.9. The molecule has 2 nitrogen and oxygen atoms in total. The zero-order valence-electron chi connectivity index (χ0n) is 14.0. The van der Waals surface area contributed by atoms with Crippen LogP contribution in [0.4, 0.5) is 0 Å². The lowest BCUT2D eigenvalue weighted by atomic mass is 9.70. The normalized spacial score (nSPS) is 21.6. The Morgan fingerprint density at radius 2 is 1.47 bits per heavy atom. The minimum atomic E-state index is 0.637.